The molecular weight excluding hydrogens is 543 g/mol. The molecule has 0 aliphatic carbocycles. The maximum atomic E-state index is 14.0. The van der Waals surface area contributed by atoms with Gasteiger partial charge in [0.15, 0.2) is 0 Å². The molecular formula is C31H37FN4O4S. The van der Waals surface area contributed by atoms with Crippen molar-refractivity contribution in [1.29, 1.82) is 0 Å². The van der Waals surface area contributed by atoms with Gasteiger partial charge in [-0.25, -0.2) is 17.6 Å². The van der Waals surface area contributed by atoms with Crippen molar-refractivity contribution < 1.29 is 22.4 Å². The van der Waals surface area contributed by atoms with Crippen molar-refractivity contribution in [2.45, 2.75) is 50.6 Å². The van der Waals surface area contributed by atoms with Crippen molar-refractivity contribution in [3.63, 3.8) is 0 Å². The number of anilines is 1. The number of nitrogens with zero attached hydrogens (tertiary/aromatic N) is 3. The smallest absolute Gasteiger partial charge is 0.321 e. The van der Waals surface area contributed by atoms with Crippen LogP contribution >= 0.6 is 0 Å². The molecule has 0 aromatic heterocycles. The van der Waals surface area contributed by atoms with Gasteiger partial charge in [0.25, 0.3) is 0 Å². The molecule has 1 N–H and O–H groups in total. The highest BCUT2D eigenvalue weighted by atomic mass is 32.2. The lowest BCUT2D eigenvalue weighted by Crippen LogP contribution is -2.52. The lowest BCUT2D eigenvalue weighted by molar-refractivity contribution is -0.135. The summed E-state index contributed by atoms with van der Waals surface area (Å²) in [5.41, 5.74) is 2.33. The van der Waals surface area contributed by atoms with Crippen molar-refractivity contribution in [2.75, 3.05) is 31.5 Å². The summed E-state index contributed by atoms with van der Waals surface area (Å²) in [6, 6.07) is 21.3. The average Bonchev–Trinajstić information content (AvgIpc) is 2.97. The molecule has 0 bridgehead atoms. The topological polar surface area (TPSA) is 90.0 Å². The summed E-state index contributed by atoms with van der Waals surface area (Å²) in [7, 11) is -3.89. The zero-order valence-electron chi connectivity index (χ0n) is 23.5. The second kappa shape index (κ2) is 13.7. The first-order chi connectivity index (χ1) is 19.7. The van der Waals surface area contributed by atoms with Gasteiger partial charge in [0.2, 0.25) is 15.9 Å². The largest absolute Gasteiger partial charge is 0.334 e. The SMILES string of the molecule is CCCN(CC(=O)N(Cc1cccc(F)c1)C1CCN(C(=O)Nc2ccccc2C)CC1)S(=O)(=O)c1ccccc1. The Hall–Kier alpha value is -3.76. The van der Waals surface area contributed by atoms with Gasteiger partial charge in [-0.15, -0.1) is 0 Å². The number of aryl methyl sites for hydroxylation is 1. The third-order valence-electron chi connectivity index (χ3n) is 7.31. The minimum atomic E-state index is -3.89. The van der Waals surface area contributed by atoms with E-state index >= 15 is 0 Å². The lowest BCUT2D eigenvalue weighted by atomic mass is 10.0. The molecule has 8 nitrogen and oxygen atoms in total. The molecule has 10 heteroatoms. The zero-order chi connectivity index (χ0) is 29.4. The highest BCUT2D eigenvalue weighted by Crippen LogP contribution is 2.23. The molecule has 3 aromatic rings. The van der Waals surface area contributed by atoms with E-state index in [1.807, 2.05) is 38.1 Å². The number of piperidine rings is 1. The van der Waals surface area contributed by atoms with Crippen LogP contribution in [-0.2, 0) is 21.4 Å². The van der Waals surface area contributed by atoms with Crippen LogP contribution in [0.5, 0.6) is 0 Å². The van der Waals surface area contributed by atoms with Crippen molar-refractivity contribution in [1.82, 2.24) is 14.1 Å². The van der Waals surface area contributed by atoms with Gasteiger partial charge in [-0.05, 0) is 67.6 Å². The number of urea groups is 1. The number of benzene rings is 3. The van der Waals surface area contributed by atoms with Gasteiger partial charge in [-0.2, -0.15) is 4.31 Å². The van der Waals surface area contributed by atoms with Crippen molar-refractivity contribution in [3.05, 3.63) is 95.8 Å². The maximum absolute atomic E-state index is 14.0. The Morgan fingerprint density at radius 3 is 2.32 bits per heavy atom. The summed E-state index contributed by atoms with van der Waals surface area (Å²) < 4.78 is 42.0. The van der Waals surface area contributed by atoms with E-state index in [0.29, 0.717) is 37.9 Å². The van der Waals surface area contributed by atoms with Crippen LogP contribution in [0, 0.1) is 12.7 Å². The number of hydrogen-bond acceptors (Lipinski definition) is 4. The number of hydrogen-bond donors (Lipinski definition) is 1. The standard InChI is InChI=1S/C31H37FN4O4S/c1-3-18-35(41(39,40)28-13-5-4-6-14-28)23-30(37)36(22-25-11-9-12-26(32)21-25)27-16-19-34(20-17-27)31(38)33-29-15-8-7-10-24(29)2/h4-15,21,27H,3,16-20,22-23H2,1-2H3,(H,33,38). The Bertz CT molecular complexity index is 1440. The molecule has 0 radical (unpaired) electrons. The number of amides is 3. The van der Waals surface area contributed by atoms with E-state index < -0.39 is 15.8 Å². The van der Waals surface area contributed by atoms with E-state index in [2.05, 4.69) is 5.32 Å². The van der Waals surface area contributed by atoms with Crippen LogP contribution in [0.25, 0.3) is 0 Å². The van der Waals surface area contributed by atoms with Gasteiger partial charge in [-0.3, -0.25) is 4.79 Å². The molecule has 1 fully saturated rings. The van der Waals surface area contributed by atoms with Crippen LogP contribution in [0.3, 0.4) is 0 Å². The van der Waals surface area contributed by atoms with Gasteiger partial charge in [-0.1, -0.05) is 55.5 Å². The molecule has 0 saturated carbocycles. The third kappa shape index (κ3) is 7.71. The Balaban J connectivity index is 1.50. The van der Waals surface area contributed by atoms with E-state index in [1.165, 1.54) is 28.6 Å². The normalized spacial score (nSPS) is 14.2. The van der Waals surface area contributed by atoms with Crippen LogP contribution in [0.15, 0.2) is 83.8 Å². The van der Waals surface area contributed by atoms with Gasteiger partial charge in [0, 0.05) is 37.9 Å². The highest BCUT2D eigenvalue weighted by Gasteiger charge is 2.33. The fraction of sp³-hybridized carbons (Fsp3) is 0.355. The first kappa shape index (κ1) is 30.2. The molecule has 1 saturated heterocycles. The molecule has 0 unspecified atom stereocenters. The second-order valence-electron chi connectivity index (χ2n) is 10.3. The predicted octanol–water partition coefficient (Wildman–Crippen LogP) is 5.26. The minimum absolute atomic E-state index is 0.130. The summed E-state index contributed by atoms with van der Waals surface area (Å²) in [6.07, 6.45) is 1.57. The maximum Gasteiger partial charge on any atom is 0.321 e. The number of sulfonamides is 1. The minimum Gasteiger partial charge on any atom is -0.334 e. The molecule has 1 aliphatic rings. The first-order valence-electron chi connectivity index (χ1n) is 13.9. The monoisotopic (exact) mass is 580 g/mol. The fourth-order valence-corrected chi connectivity index (χ4v) is 6.56. The summed E-state index contributed by atoms with van der Waals surface area (Å²) in [5.74, 6) is -0.762. The molecule has 3 amide bonds. The van der Waals surface area contributed by atoms with Crippen molar-refractivity contribution >= 4 is 27.6 Å². The Labute approximate surface area is 241 Å². The Morgan fingerprint density at radius 2 is 1.66 bits per heavy atom. The number of para-hydroxylation sites is 1. The highest BCUT2D eigenvalue weighted by molar-refractivity contribution is 7.89. The number of rotatable bonds is 10. The summed E-state index contributed by atoms with van der Waals surface area (Å²) in [6.45, 7) is 4.65. The number of likely N-dealkylation sites (tertiary alicyclic amines) is 1. The molecule has 218 valence electrons. The van der Waals surface area contributed by atoms with Crippen LogP contribution < -0.4 is 5.32 Å². The zero-order valence-corrected chi connectivity index (χ0v) is 24.3. The van der Waals surface area contributed by atoms with E-state index in [9.17, 15) is 22.4 Å². The number of carbonyl (C=O) groups excluding carboxylic acids is 2. The number of carbonyl (C=O) groups is 2. The lowest BCUT2D eigenvalue weighted by Gasteiger charge is -2.39. The number of halogens is 1. The van der Waals surface area contributed by atoms with Gasteiger partial charge < -0.3 is 15.1 Å². The van der Waals surface area contributed by atoms with Crippen molar-refractivity contribution in [3.8, 4) is 0 Å². The molecule has 1 heterocycles. The summed E-state index contributed by atoms with van der Waals surface area (Å²) in [4.78, 5) is 30.3. The van der Waals surface area contributed by atoms with Gasteiger partial charge in [0.05, 0.1) is 11.4 Å². The molecule has 3 aromatic carbocycles. The average molecular weight is 581 g/mol. The number of nitrogens with one attached hydrogen (secondary N) is 1. The van der Waals surface area contributed by atoms with Crippen molar-refractivity contribution in [2.24, 2.45) is 0 Å². The first-order valence-corrected chi connectivity index (χ1v) is 15.3. The van der Waals surface area contributed by atoms with Crippen LogP contribution in [0.1, 0.15) is 37.3 Å². The molecule has 0 spiro atoms. The van der Waals surface area contributed by atoms with E-state index in [4.69, 9.17) is 0 Å². The van der Waals surface area contributed by atoms with Crippen LogP contribution in [0.2, 0.25) is 0 Å². The van der Waals surface area contributed by atoms with E-state index in [-0.39, 0.29) is 42.5 Å². The van der Waals surface area contributed by atoms with Crippen LogP contribution in [0.4, 0.5) is 14.9 Å². The second-order valence-corrected chi connectivity index (χ2v) is 12.2. The quantitative estimate of drug-likeness (QED) is 0.354. The molecule has 1 aliphatic heterocycles. The third-order valence-corrected chi connectivity index (χ3v) is 9.17. The Morgan fingerprint density at radius 1 is 0.976 bits per heavy atom. The van der Waals surface area contributed by atoms with E-state index in [1.54, 1.807) is 40.1 Å². The fourth-order valence-electron chi connectivity index (χ4n) is 5.06. The molecule has 41 heavy (non-hydrogen) atoms. The molecule has 4 rings (SSSR count). The van der Waals surface area contributed by atoms with E-state index in [0.717, 1.165) is 11.3 Å². The molecule has 0 atom stereocenters. The van der Waals surface area contributed by atoms with Crippen LogP contribution in [-0.4, -0.2) is 66.7 Å². The van der Waals surface area contributed by atoms with Gasteiger partial charge in [0.1, 0.15) is 5.82 Å². The predicted molar refractivity (Wildman–Crippen MR) is 157 cm³/mol. The summed E-state index contributed by atoms with van der Waals surface area (Å²) >= 11 is 0. The van der Waals surface area contributed by atoms with Gasteiger partial charge >= 0.3 is 6.03 Å². The Kier molecular flexibility index (Phi) is 10.1. The summed E-state index contributed by atoms with van der Waals surface area (Å²) in [5, 5.41) is 2.96.